The van der Waals surface area contributed by atoms with Gasteiger partial charge in [-0.05, 0) is 36.2 Å². The lowest BCUT2D eigenvalue weighted by Crippen LogP contribution is -2.47. The number of fused-ring (bicyclic) bond motifs is 2. The number of nitrogens with zero attached hydrogens (tertiary/aromatic N) is 2. The molecular formula is C29H29N3O3. The van der Waals surface area contributed by atoms with Crippen molar-refractivity contribution in [2.24, 2.45) is 7.05 Å². The minimum Gasteiger partial charge on any atom is -0.383 e. The fourth-order valence-corrected chi connectivity index (χ4v) is 5.19. The van der Waals surface area contributed by atoms with E-state index in [1.807, 2.05) is 80.8 Å². The van der Waals surface area contributed by atoms with Crippen LogP contribution >= 0.6 is 0 Å². The largest absolute Gasteiger partial charge is 0.383 e. The lowest BCUT2D eigenvalue weighted by Gasteiger charge is -2.41. The van der Waals surface area contributed by atoms with E-state index in [0.29, 0.717) is 18.7 Å². The first-order valence-electron chi connectivity index (χ1n) is 11.8. The van der Waals surface area contributed by atoms with Crippen LogP contribution in [0.3, 0.4) is 0 Å². The van der Waals surface area contributed by atoms with Gasteiger partial charge in [-0.3, -0.25) is 9.59 Å². The van der Waals surface area contributed by atoms with Gasteiger partial charge in [0.1, 0.15) is 0 Å². The molecule has 0 aliphatic carbocycles. The van der Waals surface area contributed by atoms with Crippen molar-refractivity contribution in [3.05, 3.63) is 101 Å². The number of anilines is 1. The summed E-state index contributed by atoms with van der Waals surface area (Å²) in [5.41, 5.74) is 5.07. The summed E-state index contributed by atoms with van der Waals surface area (Å²) < 4.78 is 7.42. The van der Waals surface area contributed by atoms with Gasteiger partial charge >= 0.3 is 0 Å². The molecule has 2 amide bonds. The van der Waals surface area contributed by atoms with Crippen LogP contribution in [0.15, 0.2) is 79.0 Å². The fraction of sp³-hybridized carbons (Fsp3) is 0.241. The Morgan fingerprint density at radius 3 is 2.49 bits per heavy atom. The second-order valence-corrected chi connectivity index (χ2v) is 9.02. The van der Waals surface area contributed by atoms with E-state index in [1.54, 1.807) is 12.0 Å². The summed E-state index contributed by atoms with van der Waals surface area (Å²) >= 11 is 0. The Kier molecular flexibility index (Phi) is 6.14. The maximum atomic E-state index is 14.0. The zero-order valence-corrected chi connectivity index (χ0v) is 20.2. The van der Waals surface area contributed by atoms with Crippen LogP contribution in [0.25, 0.3) is 10.9 Å². The van der Waals surface area contributed by atoms with Gasteiger partial charge in [0.25, 0.3) is 5.91 Å². The standard InChI is InChI=1S/C29H29N3O3/c1-19-10-4-8-14-24(19)30-28(33)26-21-12-5-6-13-22(21)29(34)32(16-17-35-3)27(26)23-18-31(2)25-15-9-7-11-20(23)25/h4-15,18,26-27H,16-17H2,1-3H3,(H,30,33)/t26-,27+/m1/s1. The normalized spacial score (nSPS) is 17.5. The maximum Gasteiger partial charge on any atom is 0.254 e. The number of para-hydroxylation sites is 2. The van der Waals surface area contributed by atoms with Gasteiger partial charge in [0.15, 0.2) is 0 Å². The van der Waals surface area contributed by atoms with E-state index in [-0.39, 0.29) is 11.8 Å². The Hall–Kier alpha value is -3.90. The van der Waals surface area contributed by atoms with Gasteiger partial charge in [-0.2, -0.15) is 0 Å². The Labute approximate surface area is 205 Å². The molecule has 1 aliphatic heterocycles. The lowest BCUT2D eigenvalue weighted by molar-refractivity contribution is -0.119. The second-order valence-electron chi connectivity index (χ2n) is 9.02. The zero-order valence-electron chi connectivity index (χ0n) is 20.2. The molecule has 1 aliphatic rings. The molecule has 0 fully saturated rings. The highest BCUT2D eigenvalue weighted by Crippen LogP contribution is 2.45. The number of aryl methyl sites for hydroxylation is 2. The predicted molar refractivity (Wildman–Crippen MR) is 138 cm³/mol. The molecule has 4 aromatic rings. The SMILES string of the molecule is COCCN1C(=O)c2ccccc2[C@@H](C(=O)Nc2ccccc2C)[C@@H]1c1cn(C)c2ccccc12. The molecule has 178 valence electrons. The van der Waals surface area contributed by atoms with Gasteiger partial charge < -0.3 is 19.5 Å². The smallest absolute Gasteiger partial charge is 0.254 e. The molecule has 2 atom stereocenters. The van der Waals surface area contributed by atoms with Gasteiger partial charge in [-0.25, -0.2) is 0 Å². The minimum atomic E-state index is -0.592. The molecule has 5 rings (SSSR count). The Bertz CT molecular complexity index is 1410. The number of benzene rings is 3. The number of rotatable bonds is 6. The summed E-state index contributed by atoms with van der Waals surface area (Å²) in [6, 6.07) is 22.8. The average Bonchev–Trinajstić information content (AvgIpc) is 3.21. The van der Waals surface area contributed by atoms with Crippen LogP contribution in [0.4, 0.5) is 5.69 Å². The van der Waals surface area contributed by atoms with E-state index in [2.05, 4.69) is 22.0 Å². The quantitative estimate of drug-likeness (QED) is 0.432. The molecular weight excluding hydrogens is 438 g/mol. The molecule has 6 heteroatoms. The summed E-state index contributed by atoms with van der Waals surface area (Å²) in [6.07, 6.45) is 2.05. The van der Waals surface area contributed by atoms with Crippen LogP contribution in [0, 0.1) is 6.92 Å². The summed E-state index contributed by atoms with van der Waals surface area (Å²) in [7, 11) is 3.62. The van der Waals surface area contributed by atoms with Crippen LogP contribution in [0.1, 0.15) is 39.0 Å². The van der Waals surface area contributed by atoms with E-state index >= 15 is 0 Å². The number of hydrogen-bond acceptors (Lipinski definition) is 3. The third-order valence-corrected chi connectivity index (χ3v) is 6.91. The van der Waals surface area contributed by atoms with Crippen molar-refractivity contribution in [1.29, 1.82) is 0 Å². The monoisotopic (exact) mass is 467 g/mol. The van der Waals surface area contributed by atoms with Crippen molar-refractivity contribution in [2.45, 2.75) is 18.9 Å². The van der Waals surface area contributed by atoms with Crippen LogP contribution in [-0.2, 0) is 16.6 Å². The maximum absolute atomic E-state index is 14.0. The number of amides is 2. The minimum absolute atomic E-state index is 0.0875. The predicted octanol–water partition coefficient (Wildman–Crippen LogP) is 5.05. The van der Waals surface area contributed by atoms with E-state index < -0.39 is 12.0 Å². The van der Waals surface area contributed by atoms with Crippen molar-refractivity contribution in [2.75, 3.05) is 25.6 Å². The van der Waals surface area contributed by atoms with Gasteiger partial charge in [-0.15, -0.1) is 0 Å². The summed E-state index contributed by atoms with van der Waals surface area (Å²) in [5, 5.41) is 4.18. The molecule has 0 saturated carbocycles. The number of carbonyl (C=O) groups excluding carboxylic acids is 2. The second kappa shape index (κ2) is 9.39. The number of aromatic nitrogens is 1. The van der Waals surface area contributed by atoms with Crippen LogP contribution < -0.4 is 5.32 Å². The van der Waals surface area contributed by atoms with Crippen molar-refractivity contribution in [3.63, 3.8) is 0 Å². The Morgan fingerprint density at radius 2 is 1.69 bits per heavy atom. The van der Waals surface area contributed by atoms with E-state index in [4.69, 9.17) is 4.74 Å². The van der Waals surface area contributed by atoms with E-state index in [1.165, 1.54) is 0 Å². The third kappa shape index (κ3) is 4.00. The number of nitrogens with one attached hydrogen (secondary N) is 1. The molecule has 6 nitrogen and oxygen atoms in total. The van der Waals surface area contributed by atoms with Gasteiger partial charge in [0.2, 0.25) is 5.91 Å². The van der Waals surface area contributed by atoms with E-state index in [9.17, 15) is 9.59 Å². The van der Waals surface area contributed by atoms with Gasteiger partial charge in [0, 0.05) is 54.6 Å². The molecule has 1 N–H and O–H groups in total. The molecule has 1 aromatic heterocycles. The number of carbonyl (C=O) groups is 2. The first kappa shape index (κ1) is 22.9. The topological polar surface area (TPSA) is 63.6 Å². The summed E-state index contributed by atoms with van der Waals surface area (Å²) in [4.78, 5) is 29.6. The Morgan fingerprint density at radius 1 is 0.971 bits per heavy atom. The van der Waals surface area contributed by atoms with Crippen molar-refractivity contribution in [3.8, 4) is 0 Å². The molecule has 3 aromatic carbocycles. The third-order valence-electron chi connectivity index (χ3n) is 6.91. The molecule has 2 heterocycles. The molecule has 0 radical (unpaired) electrons. The van der Waals surface area contributed by atoms with Crippen LogP contribution in [0.5, 0.6) is 0 Å². The number of hydrogen-bond donors (Lipinski definition) is 1. The van der Waals surface area contributed by atoms with Gasteiger partial charge in [0.05, 0.1) is 18.6 Å². The summed E-state index contributed by atoms with van der Waals surface area (Å²) in [6.45, 7) is 2.73. The molecule has 0 unspecified atom stereocenters. The van der Waals surface area contributed by atoms with E-state index in [0.717, 1.165) is 33.3 Å². The van der Waals surface area contributed by atoms with Crippen molar-refractivity contribution in [1.82, 2.24) is 9.47 Å². The van der Waals surface area contributed by atoms with Crippen LogP contribution in [-0.4, -0.2) is 41.5 Å². The number of methoxy groups -OCH3 is 1. The number of ether oxygens (including phenoxy) is 1. The summed E-state index contributed by atoms with van der Waals surface area (Å²) in [5.74, 6) is -0.818. The highest BCUT2D eigenvalue weighted by Gasteiger charge is 2.45. The first-order valence-corrected chi connectivity index (χ1v) is 11.8. The highest BCUT2D eigenvalue weighted by atomic mass is 16.5. The van der Waals surface area contributed by atoms with Crippen molar-refractivity contribution < 1.29 is 14.3 Å². The van der Waals surface area contributed by atoms with Crippen molar-refractivity contribution >= 4 is 28.4 Å². The zero-order chi connectivity index (χ0) is 24.5. The lowest BCUT2D eigenvalue weighted by atomic mass is 9.79. The fourth-order valence-electron chi connectivity index (χ4n) is 5.19. The molecule has 0 bridgehead atoms. The molecule has 0 saturated heterocycles. The molecule has 35 heavy (non-hydrogen) atoms. The Balaban J connectivity index is 1.71. The highest BCUT2D eigenvalue weighted by molar-refractivity contribution is 6.05. The first-order chi connectivity index (χ1) is 17.0. The van der Waals surface area contributed by atoms with Crippen LogP contribution in [0.2, 0.25) is 0 Å². The average molecular weight is 468 g/mol. The van der Waals surface area contributed by atoms with Gasteiger partial charge in [-0.1, -0.05) is 54.6 Å². The molecule has 0 spiro atoms.